The number of amides is 1. The Morgan fingerprint density at radius 2 is 2.00 bits per heavy atom. The second kappa shape index (κ2) is 6.45. The van der Waals surface area contributed by atoms with Crippen molar-refractivity contribution >= 4 is 23.2 Å². The number of carbonyl (C=O) groups is 1. The number of benzene rings is 2. The van der Waals surface area contributed by atoms with Crippen LogP contribution in [0.15, 0.2) is 36.4 Å². The summed E-state index contributed by atoms with van der Waals surface area (Å²) < 4.78 is 18.8. The molecule has 4 nitrogen and oxygen atoms in total. The molecule has 110 valence electrons. The highest BCUT2D eigenvalue weighted by Gasteiger charge is 2.11. The van der Waals surface area contributed by atoms with Gasteiger partial charge in [0.05, 0.1) is 10.7 Å². The minimum absolute atomic E-state index is 0.0499. The van der Waals surface area contributed by atoms with E-state index in [1.165, 1.54) is 0 Å². The summed E-state index contributed by atoms with van der Waals surface area (Å²) in [5.74, 6) is -1.15. The second-order valence-electron chi connectivity index (χ2n) is 4.43. The maximum absolute atomic E-state index is 13.5. The molecular formula is C15H13ClFNO3. The van der Waals surface area contributed by atoms with Crippen LogP contribution >= 0.6 is 11.6 Å². The molecule has 0 aromatic heterocycles. The molecule has 0 spiro atoms. The van der Waals surface area contributed by atoms with Crippen LogP contribution in [0.4, 0.5) is 10.1 Å². The molecule has 2 aromatic carbocycles. The van der Waals surface area contributed by atoms with E-state index in [0.717, 1.165) is 17.7 Å². The Kier molecular flexibility index (Phi) is 4.65. The number of ether oxygens (including phenoxy) is 1. The van der Waals surface area contributed by atoms with Crippen molar-refractivity contribution in [3.05, 3.63) is 52.8 Å². The molecule has 21 heavy (non-hydrogen) atoms. The molecule has 2 aromatic rings. The van der Waals surface area contributed by atoms with E-state index in [-0.39, 0.29) is 23.1 Å². The Bertz CT molecular complexity index is 659. The fourth-order valence-electron chi connectivity index (χ4n) is 1.60. The van der Waals surface area contributed by atoms with Gasteiger partial charge in [-0.1, -0.05) is 29.3 Å². The van der Waals surface area contributed by atoms with Crippen molar-refractivity contribution in [2.45, 2.75) is 6.92 Å². The van der Waals surface area contributed by atoms with Crippen LogP contribution in [-0.4, -0.2) is 17.6 Å². The third-order valence-electron chi connectivity index (χ3n) is 2.70. The summed E-state index contributed by atoms with van der Waals surface area (Å²) in [7, 11) is 0. The highest BCUT2D eigenvalue weighted by molar-refractivity contribution is 6.32. The first-order chi connectivity index (χ1) is 9.95. The monoisotopic (exact) mass is 309 g/mol. The standard InChI is InChI=1S/C15H13ClFNO3/c1-9-2-4-10(5-3-9)21-8-15(20)18-13-6-11(16)14(19)7-12(13)17/h2-7,19H,8H2,1H3,(H,18,20). The molecule has 0 aliphatic rings. The topological polar surface area (TPSA) is 58.6 Å². The van der Waals surface area contributed by atoms with Crippen LogP contribution in [0.5, 0.6) is 11.5 Å². The number of phenols is 1. The summed E-state index contributed by atoms with van der Waals surface area (Å²) in [5.41, 5.74) is 0.961. The van der Waals surface area contributed by atoms with Gasteiger partial charge < -0.3 is 15.2 Å². The first-order valence-electron chi connectivity index (χ1n) is 6.13. The minimum Gasteiger partial charge on any atom is -0.506 e. The average molecular weight is 310 g/mol. The Balaban J connectivity index is 1.96. The smallest absolute Gasteiger partial charge is 0.262 e. The molecule has 0 unspecified atom stereocenters. The third kappa shape index (κ3) is 4.10. The SMILES string of the molecule is Cc1ccc(OCC(=O)Nc2cc(Cl)c(O)cc2F)cc1. The number of nitrogens with one attached hydrogen (secondary N) is 1. The number of anilines is 1. The van der Waals surface area contributed by atoms with Gasteiger partial charge >= 0.3 is 0 Å². The van der Waals surface area contributed by atoms with Crippen molar-refractivity contribution < 1.29 is 19.0 Å². The van der Waals surface area contributed by atoms with Gasteiger partial charge in [-0.25, -0.2) is 4.39 Å². The fourth-order valence-corrected chi connectivity index (χ4v) is 1.77. The molecule has 2 rings (SSSR count). The first kappa shape index (κ1) is 15.1. The lowest BCUT2D eigenvalue weighted by molar-refractivity contribution is -0.118. The molecule has 0 atom stereocenters. The zero-order valence-electron chi connectivity index (χ0n) is 11.2. The molecule has 0 saturated heterocycles. The van der Waals surface area contributed by atoms with Crippen LogP contribution in [0.3, 0.4) is 0 Å². The lowest BCUT2D eigenvalue weighted by Crippen LogP contribution is -2.20. The van der Waals surface area contributed by atoms with Crippen molar-refractivity contribution in [3.63, 3.8) is 0 Å². The van der Waals surface area contributed by atoms with Gasteiger partial charge in [0, 0.05) is 6.07 Å². The highest BCUT2D eigenvalue weighted by atomic mass is 35.5. The minimum atomic E-state index is -0.777. The number of aromatic hydroxyl groups is 1. The first-order valence-corrected chi connectivity index (χ1v) is 6.51. The third-order valence-corrected chi connectivity index (χ3v) is 3.00. The zero-order chi connectivity index (χ0) is 15.4. The van der Waals surface area contributed by atoms with Gasteiger partial charge in [-0.3, -0.25) is 4.79 Å². The quantitative estimate of drug-likeness (QED) is 0.850. The summed E-state index contributed by atoms with van der Waals surface area (Å²) in [6.45, 7) is 1.68. The Morgan fingerprint density at radius 3 is 2.67 bits per heavy atom. The number of hydrogen-bond acceptors (Lipinski definition) is 3. The number of aryl methyl sites for hydroxylation is 1. The van der Waals surface area contributed by atoms with Gasteiger partial charge in [0.2, 0.25) is 0 Å². The summed E-state index contributed by atoms with van der Waals surface area (Å²) >= 11 is 5.66. The van der Waals surface area contributed by atoms with E-state index in [9.17, 15) is 14.3 Å². The van der Waals surface area contributed by atoms with Crippen LogP contribution in [0, 0.1) is 12.7 Å². The van der Waals surface area contributed by atoms with Gasteiger partial charge in [0.25, 0.3) is 5.91 Å². The molecule has 0 heterocycles. The van der Waals surface area contributed by atoms with Crippen LogP contribution in [0.1, 0.15) is 5.56 Å². The summed E-state index contributed by atoms with van der Waals surface area (Å²) in [6.07, 6.45) is 0. The van der Waals surface area contributed by atoms with E-state index in [2.05, 4.69) is 5.32 Å². The number of hydrogen-bond donors (Lipinski definition) is 2. The van der Waals surface area contributed by atoms with E-state index < -0.39 is 11.7 Å². The second-order valence-corrected chi connectivity index (χ2v) is 4.84. The molecule has 0 radical (unpaired) electrons. The normalized spacial score (nSPS) is 10.2. The Hall–Kier alpha value is -2.27. The Labute approximate surface area is 126 Å². The lowest BCUT2D eigenvalue weighted by Gasteiger charge is -2.09. The molecular weight excluding hydrogens is 297 g/mol. The van der Waals surface area contributed by atoms with Crippen LogP contribution in [0.2, 0.25) is 5.02 Å². The van der Waals surface area contributed by atoms with Crippen LogP contribution in [0.25, 0.3) is 0 Å². The number of carbonyl (C=O) groups excluding carboxylic acids is 1. The van der Waals surface area contributed by atoms with Gasteiger partial charge in [0.1, 0.15) is 17.3 Å². The van der Waals surface area contributed by atoms with Gasteiger partial charge in [0.15, 0.2) is 6.61 Å². The van der Waals surface area contributed by atoms with Gasteiger partial charge in [-0.15, -0.1) is 0 Å². The van der Waals surface area contributed by atoms with Crippen LogP contribution < -0.4 is 10.1 Å². The maximum Gasteiger partial charge on any atom is 0.262 e. The Morgan fingerprint density at radius 1 is 1.33 bits per heavy atom. The lowest BCUT2D eigenvalue weighted by atomic mass is 10.2. The van der Waals surface area contributed by atoms with Crippen molar-refractivity contribution in [1.82, 2.24) is 0 Å². The van der Waals surface area contributed by atoms with Crippen LogP contribution in [-0.2, 0) is 4.79 Å². The molecule has 6 heteroatoms. The average Bonchev–Trinajstić information content (AvgIpc) is 2.44. The molecule has 1 amide bonds. The van der Waals surface area contributed by atoms with E-state index in [4.69, 9.17) is 16.3 Å². The maximum atomic E-state index is 13.5. The van der Waals surface area contributed by atoms with Crippen molar-refractivity contribution in [2.24, 2.45) is 0 Å². The summed E-state index contributed by atoms with van der Waals surface area (Å²) in [5, 5.41) is 11.5. The number of phenolic OH excluding ortho intramolecular Hbond substituents is 1. The highest BCUT2D eigenvalue weighted by Crippen LogP contribution is 2.29. The molecule has 0 aliphatic carbocycles. The van der Waals surface area contributed by atoms with Crippen molar-refractivity contribution in [2.75, 3.05) is 11.9 Å². The summed E-state index contributed by atoms with van der Waals surface area (Å²) in [4.78, 5) is 11.7. The largest absolute Gasteiger partial charge is 0.506 e. The van der Waals surface area contributed by atoms with E-state index in [1.54, 1.807) is 12.1 Å². The molecule has 0 aliphatic heterocycles. The molecule has 0 bridgehead atoms. The zero-order valence-corrected chi connectivity index (χ0v) is 11.9. The van der Waals surface area contributed by atoms with Gasteiger partial charge in [-0.05, 0) is 25.1 Å². The van der Waals surface area contributed by atoms with Gasteiger partial charge in [-0.2, -0.15) is 0 Å². The van der Waals surface area contributed by atoms with E-state index in [1.807, 2.05) is 19.1 Å². The summed E-state index contributed by atoms with van der Waals surface area (Å²) in [6, 6.07) is 9.15. The van der Waals surface area contributed by atoms with E-state index >= 15 is 0 Å². The number of rotatable bonds is 4. The predicted molar refractivity (Wildman–Crippen MR) is 78.4 cm³/mol. The van der Waals surface area contributed by atoms with E-state index in [0.29, 0.717) is 5.75 Å². The molecule has 0 fully saturated rings. The van der Waals surface area contributed by atoms with Crippen molar-refractivity contribution in [1.29, 1.82) is 0 Å². The predicted octanol–water partition coefficient (Wildman–Crippen LogP) is 3.51. The fraction of sp³-hybridized carbons (Fsp3) is 0.133. The number of halogens is 2. The van der Waals surface area contributed by atoms with Crippen molar-refractivity contribution in [3.8, 4) is 11.5 Å². The molecule has 0 saturated carbocycles. The molecule has 2 N–H and O–H groups in total.